The maximum absolute atomic E-state index is 13.2. The molecule has 34 heavy (non-hydrogen) atoms. The summed E-state index contributed by atoms with van der Waals surface area (Å²) >= 11 is 3.58. The molecule has 1 aromatic carbocycles. The van der Waals surface area contributed by atoms with E-state index in [-0.39, 0.29) is 11.3 Å². The smallest absolute Gasteiger partial charge is 0.253 e. The summed E-state index contributed by atoms with van der Waals surface area (Å²) in [4.78, 5) is 21.9. The quantitative estimate of drug-likeness (QED) is 0.469. The zero-order valence-corrected chi connectivity index (χ0v) is 22.4. The van der Waals surface area contributed by atoms with Crippen LogP contribution in [0.4, 0.5) is 0 Å². The van der Waals surface area contributed by atoms with E-state index in [1.54, 1.807) is 0 Å². The van der Waals surface area contributed by atoms with E-state index in [2.05, 4.69) is 58.6 Å². The second-order valence-corrected chi connectivity index (χ2v) is 10.9. The first-order valence-electron chi connectivity index (χ1n) is 11.9. The fraction of sp³-hybridized carbons (Fsp3) is 0.500. The van der Waals surface area contributed by atoms with Crippen molar-refractivity contribution < 1.29 is 9.21 Å². The number of nitrogens with zero attached hydrogens (tertiary/aromatic N) is 5. The summed E-state index contributed by atoms with van der Waals surface area (Å²) in [7, 11) is 0. The number of carbonyl (C=O) groups excluding carboxylic acids is 1. The van der Waals surface area contributed by atoms with Crippen LogP contribution < -0.4 is 0 Å². The Bertz CT molecular complexity index is 1140. The minimum Gasteiger partial charge on any atom is -0.444 e. The Kier molecular flexibility index (Phi) is 7.28. The van der Waals surface area contributed by atoms with E-state index in [1.165, 1.54) is 0 Å². The van der Waals surface area contributed by atoms with Crippen molar-refractivity contribution in [3.05, 3.63) is 69.1 Å². The number of benzene rings is 1. The van der Waals surface area contributed by atoms with E-state index in [0.29, 0.717) is 19.6 Å². The van der Waals surface area contributed by atoms with E-state index in [4.69, 9.17) is 4.42 Å². The Labute approximate surface area is 210 Å². The highest BCUT2D eigenvalue weighted by molar-refractivity contribution is 9.10. The van der Waals surface area contributed by atoms with Crippen LogP contribution in [0, 0.1) is 13.8 Å². The Hall–Kier alpha value is -2.45. The second-order valence-electron chi connectivity index (χ2n) is 10.1. The Morgan fingerprint density at radius 1 is 1.06 bits per heavy atom. The third-order valence-electron chi connectivity index (χ3n) is 6.35. The molecule has 1 aliphatic heterocycles. The van der Waals surface area contributed by atoms with E-state index in [9.17, 15) is 4.79 Å². The van der Waals surface area contributed by atoms with Crippen LogP contribution in [0.15, 0.2) is 39.4 Å². The third kappa shape index (κ3) is 5.61. The van der Waals surface area contributed by atoms with Crippen molar-refractivity contribution in [3.8, 4) is 0 Å². The lowest BCUT2D eigenvalue weighted by Gasteiger charge is -2.21. The van der Waals surface area contributed by atoms with Crippen molar-refractivity contribution in [3.63, 3.8) is 0 Å². The van der Waals surface area contributed by atoms with Gasteiger partial charge in [0.2, 0.25) is 5.89 Å². The number of oxazole rings is 1. The molecule has 2 aromatic heterocycles. The Morgan fingerprint density at radius 2 is 1.79 bits per heavy atom. The molecule has 3 heterocycles. The fourth-order valence-electron chi connectivity index (χ4n) is 4.19. The highest BCUT2D eigenvalue weighted by Crippen LogP contribution is 2.24. The predicted octanol–water partition coefficient (Wildman–Crippen LogP) is 4.94. The molecule has 0 N–H and O–H groups in total. The monoisotopic (exact) mass is 527 g/mol. The number of aromatic nitrogens is 3. The van der Waals surface area contributed by atoms with Gasteiger partial charge in [-0.3, -0.25) is 14.4 Å². The maximum Gasteiger partial charge on any atom is 0.253 e. The van der Waals surface area contributed by atoms with Crippen LogP contribution in [0.2, 0.25) is 0 Å². The molecule has 3 aromatic rings. The van der Waals surface area contributed by atoms with E-state index in [1.807, 2.05) is 47.0 Å². The molecule has 0 radical (unpaired) electrons. The van der Waals surface area contributed by atoms with Crippen LogP contribution in [0.25, 0.3) is 0 Å². The van der Waals surface area contributed by atoms with Crippen molar-refractivity contribution in [1.82, 2.24) is 24.6 Å². The summed E-state index contributed by atoms with van der Waals surface area (Å²) in [6.45, 7) is 15.0. The van der Waals surface area contributed by atoms with Crippen molar-refractivity contribution in [2.24, 2.45) is 0 Å². The number of hydrogen-bond donors (Lipinski definition) is 0. The minimum absolute atomic E-state index is 0.0458. The first-order valence-corrected chi connectivity index (χ1v) is 12.7. The first-order chi connectivity index (χ1) is 16.1. The number of hydrogen-bond acceptors (Lipinski definition) is 5. The van der Waals surface area contributed by atoms with Gasteiger partial charge in [0.1, 0.15) is 5.76 Å². The largest absolute Gasteiger partial charge is 0.444 e. The van der Waals surface area contributed by atoms with Gasteiger partial charge in [-0.2, -0.15) is 5.10 Å². The molecule has 8 heteroatoms. The summed E-state index contributed by atoms with van der Waals surface area (Å²) < 4.78 is 8.99. The number of halogens is 1. The topological polar surface area (TPSA) is 67.4 Å². The van der Waals surface area contributed by atoms with Crippen LogP contribution >= 0.6 is 15.9 Å². The second kappa shape index (κ2) is 10.0. The Morgan fingerprint density at radius 3 is 2.41 bits per heavy atom. The fourth-order valence-corrected chi connectivity index (χ4v) is 4.47. The Balaban J connectivity index is 1.34. The molecule has 182 valence electrons. The van der Waals surface area contributed by atoms with Crippen molar-refractivity contribution in [2.75, 3.05) is 26.2 Å². The molecule has 0 spiro atoms. The van der Waals surface area contributed by atoms with Crippen LogP contribution in [0.3, 0.4) is 0 Å². The van der Waals surface area contributed by atoms with Gasteiger partial charge in [-0.05, 0) is 53.9 Å². The van der Waals surface area contributed by atoms with Gasteiger partial charge in [0.05, 0.1) is 35.1 Å². The standard InChI is InChI=1S/C26H34BrN5O2/c1-18-24(27)19(2)32(29-18)16-20-7-9-21(10-8-20)25(33)31-12-6-11-30(13-14-31)17-23-28-15-22(34-23)26(3,4)5/h7-10,15H,6,11-14,16-17H2,1-5H3. The molecule has 0 atom stereocenters. The van der Waals surface area contributed by atoms with Gasteiger partial charge in [0.15, 0.2) is 0 Å². The van der Waals surface area contributed by atoms with Crippen molar-refractivity contribution in [1.29, 1.82) is 0 Å². The number of carbonyl (C=O) groups is 1. The molecule has 7 nitrogen and oxygen atoms in total. The lowest BCUT2D eigenvalue weighted by molar-refractivity contribution is 0.0760. The molecule has 0 saturated carbocycles. The highest BCUT2D eigenvalue weighted by Gasteiger charge is 2.23. The predicted molar refractivity (Wildman–Crippen MR) is 136 cm³/mol. The lowest BCUT2D eigenvalue weighted by Crippen LogP contribution is -2.35. The third-order valence-corrected chi connectivity index (χ3v) is 7.50. The van der Waals surface area contributed by atoms with Gasteiger partial charge in [-0.25, -0.2) is 4.98 Å². The van der Waals surface area contributed by atoms with Gasteiger partial charge >= 0.3 is 0 Å². The van der Waals surface area contributed by atoms with E-state index < -0.39 is 0 Å². The average molecular weight is 528 g/mol. The molecule has 1 amide bonds. The summed E-state index contributed by atoms with van der Waals surface area (Å²) in [5.41, 5.74) is 3.89. The minimum atomic E-state index is -0.0458. The highest BCUT2D eigenvalue weighted by atomic mass is 79.9. The lowest BCUT2D eigenvalue weighted by atomic mass is 9.94. The van der Waals surface area contributed by atoms with Gasteiger partial charge in [-0.15, -0.1) is 0 Å². The maximum atomic E-state index is 13.2. The van der Waals surface area contributed by atoms with Gasteiger partial charge in [0.25, 0.3) is 5.91 Å². The molecular formula is C26H34BrN5O2. The van der Waals surface area contributed by atoms with Crippen molar-refractivity contribution in [2.45, 2.75) is 59.5 Å². The first kappa shape index (κ1) is 24.7. The van der Waals surface area contributed by atoms with E-state index >= 15 is 0 Å². The number of rotatable bonds is 5. The molecule has 1 fully saturated rings. The molecule has 0 bridgehead atoms. The van der Waals surface area contributed by atoms with Crippen LogP contribution in [-0.2, 0) is 18.5 Å². The average Bonchev–Trinajstić information content (AvgIpc) is 3.27. The molecule has 4 rings (SSSR count). The summed E-state index contributed by atoms with van der Waals surface area (Å²) in [6, 6.07) is 7.91. The van der Waals surface area contributed by atoms with E-state index in [0.717, 1.165) is 64.7 Å². The molecule has 1 saturated heterocycles. The molecule has 0 aliphatic carbocycles. The molecular weight excluding hydrogens is 494 g/mol. The van der Waals surface area contributed by atoms with Gasteiger partial charge in [-0.1, -0.05) is 32.9 Å². The number of aryl methyl sites for hydroxylation is 1. The summed E-state index contributed by atoms with van der Waals surface area (Å²) in [5.74, 6) is 1.74. The van der Waals surface area contributed by atoms with Crippen molar-refractivity contribution >= 4 is 21.8 Å². The van der Waals surface area contributed by atoms with Crippen LogP contribution in [-0.4, -0.2) is 56.7 Å². The molecule has 1 aliphatic rings. The van der Waals surface area contributed by atoms with Gasteiger partial charge < -0.3 is 9.32 Å². The van der Waals surface area contributed by atoms with Gasteiger partial charge in [0, 0.05) is 37.2 Å². The van der Waals surface area contributed by atoms with Crippen LogP contribution in [0.5, 0.6) is 0 Å². The summed E-state index contributed by atoms with van der Waals surface area (Å²) in [6.07, 6.45) is 2.77. The zero-order valence-electron chi connectivity index (χ0n) is 20.8. The van der Waals surface area contributed by atoms with Crippen LogP contribution in [0.1, 0.15) is 66.2 Å². The molecule has 0 unspecified atom stereocenters. The SMILES string of the molecule is Cc1nn(Cc2ccc(C(=O)N3CCCN(Cc4ncc(C(C)(C)C)o4)CC3)cc2)c(C)c1Br. The number of amides is 1. The normalized spacial score (nSPS) is 15.5. The zero-order chi connectivity index (χ0) is 24.5. The summed E-state index contributed by atoms with van der Waals surface area (Å²) in [5, 5.41) is 4.58.